The van der Waals surface area contributed by atoms with Crippen LogP contribution in [0.4, 0.5) is 0 Å². The number of aliphatic hydroxyl groups is 1. The van der Waals surface area contributed by atoms with Gasteiger partial charge in [-0.2, -0.15) is 0 Å². The second kappa shape index (κ2) is 7.47. The Labute approximate surface area is 138 Å². The van der Waals surface area contributed by atoms with Crippen molar-refractivity contribution in [3.8, 4) is 5.75 Å². The molecule has 0 aromatic heterocycles. The van der Waals surface area contributed by atoms with Crippen molar-refractivity contribution < 1.29 is 14.6 Å². The fraction of sp³-hybridized carbons (Fsp3) is 0.533. The lowest BCUT2D eigenvalue weighted by Crippen LogP contribution is -2.53. The summed E-state index contributed by atoms with van der Waals surface area (Å²) in [5, 5.41) is 13.1. The molecule has 2 rings (SSSR count). The Morgan fingerprint density at radius 1 is 1.38 bits per heavy atom. The van der Waals surface area contributed by atoms with Gasteiger partial charge < -0.3 is 15.2 Å². The van der Waals surface area contributed by atoms with E-state index < -0.39 is 5.54 Å². The molecule has 0 atom stereocenters. The summed E-state index contributed by atoms with van der Waals surface area (Å²) in [6.45, 7) is -0.106. The summed E-state index contributed by atoms with van der Waals surface area (Å²) < 4.78 is 6.19. The first kappa shape index (κ1) is 16.6. The molecule has 0 aliphatic heterocycles. The molecule has 4 nitrogen and oxygen atoms in total. The SMILES string of the molecule is O=C(COc1ccc(Cl)cc1Br)NC1(CO)CCCCC1. The second-order valence-corrected chi connectivity index (χ2v) is 6.70. The fourth-order valence-electron chi connectivity index (χ4n) is 2.62. The second-order valence-electron chi connectivity index (χ2n) is 5.41. The highest BCUT2D eigenvalue weighted by atomic mass is 79.9. The molecule has 0 spiro atoms. The van der Waals surface area contributed by atoms with Crippen LogP contribution in [0.2, 0.25) is 5.02 Å². The van der Waals surface area contributed by atoms with Crippen molar-refractivity contribution in [2.24, 2.45) is 0 Å². The van der Waals surface area contributed by atoms with Gasteiger partial charge in [-0.1, -0.05) is 30.9 Å². The third kappa shape index (κ3) is 4.59. The molecule has 0 bridgehead atoms. The molecule has 0 saturated heterocycles. The van der Waals surface area contributed by atoms with Crippen molar-refractivity contribution >= 4 is 33.4 Å². The van der Waals surface area contributed by atoms with Gasteiger partial charge in [-0.05, 0) is 47.0 Å². The van der Waals surface area contributed by atoms with E-state index in [0.717, 1.165) is 32.1 Å². The molecular formula is C15H19BrClNO3. The molecule has 0 heterocycles. The third-order valence-corrected chi connectivity index (χ3v) is 4.63. The molecule has 1 fully saturated rings. The predicted octanol–water partition coefficient (Wildman–Crippen LogP) is 3.29. The Balaban J connectivity index is 1.89. The van der Waals surface area contributed by atoms with E-state index in [-0.39, 0.29) is 19.1 Å². The molecule has 1 aromatic rings. The normalized spacial score (nSPS) is 17.3. The van der Waals surface area contributed by atoms with Gasteiger partial charge in [0.25, 0.3) is 5.91 Å². The van der Waals surface area contributed by atoms with Crippen LogP contribution in [0.5, 0.6) is 5.75 Å². The number of aliphatic hydroxyl groups excluding tert-OH is 1. The molecule has 1 aromatic carbocycles. The number of nitrogens with one attached hydrogen (secondary N) is 1. The number of rotatable bonds is 5. The summed E-state index contributed by atoms with van der Waals surface area (Å²) in [7, 11) is 0. The Morgan fingerprint density at radius 3 is 2.71 bits per heavy atom. The minimum Gasteiger partial charge on any atom is -0.483 e. The van der Waals surface area contributed by atoms with E-state index in [0.29, 0.717) is 15.2 Å². The standard InChI is InChI=1S/C15H19BrClNO3/c16-12-8-11(17)4-5-13(12)21-9-14(20)18-15(10-19)6-2-1-3-7-15/h4-5,8,19H,1-3,6-7,9-10H2,(H,18,20). The van der Waals surface area contributed by atoms with Gasteiger partial charge in [0.05, 0.1) is 16.6 Å². The number of amides is 1. The highest BCUT2D eigenvalue weighted by Gasteiger charge is 2.32. The Bertz CT molecular complexity index is 504. The number of halogens is 2. The molecule has 1 amide bonds. The molecule has 6 heteroatoms. The number of hydrogen-bond acceptors (Lipinski definition) is 3. The van der Waals surface area contributed by atoms with Crippen LogP contribution >= 0.6 is 27.5 Å². The number of carbonyl (C=O) groups excluding carboxylic acids is 1. The van der Waals surface area contributed by atoms with Gasteiger partial charge >= 0.3 is 0 Å². The maximum Gasteiger partial charge on any atom is 0.258 e. The number of hydrogen-bond donors (Lipinski definition) is 2. The van der Waals surface area contributed by atoms with E-state index in [1.807, 2.05) is 0 Å². The zero-order valence-corrected chi connectivity index (χ0v) is 14.0. The van der Waals surface area contributed by atoms with Crippen LogP contribution in [0.15, 0.2) is 22.7 Å². The Kier molecular flexibility index (Phi) is 5.90. The first-order chi connectivity index (χ1) is 10.0. The van der Waals surface area contributed by atoms with Crippen molar-refractivity contribution in [2.75, 3.05) is 13.2 Å². The van der Waals surface area contributed by atoms with E-state index in [1.54, 1.807) is 18.2 Å². The summed E-state index contributed by atoms with van der Waals surface area (Å²) in [5.74, 6) is 0.351. The van der Waals surface area contributed by atoms with E-state index in [1.165, 1.54) is 0 Å². The molecule has 0 unspecified atom stereocenters. The molecule has 1 saturated carbocycles. The lowest BCUT2D eigenvalue weighted by molar-refractivity contribution is -0.126. The van der Waals surface area contributed by atoms with Gasteiger partial charge in [-0.25, -0.2) is 0 Å². The number of ether oxygens (including phenoxy) is 1. The highest BCUT2D eigenvalue weighted by Crippen LogP contribution is 2.29. The van der Waals surface area contributed by atoms with Gasteiger partial charge in [0, 0.05) is 5.02 Å². The minimum atomic E-state index is -0.476. The fourth-order valence-corrected chi connectivity index (χ4v) is 3.42. The zero-order chi connectivity index (χ0) is 15.3. The first-order valence-corrected chi connectivity index (χ1v) is 8.21. The molecule has 116 valence electrons. The van der Waals surface area contributed by atoms with Crippen LogP contribution in [0, 0.1) is 0 Å². The molecule has 1 aliphatic rings. The smallest absolute Gasteiger partial charge is 0.258 e. The summed E-state index contributed by atoms with van der Waals surface area (Å²) in [5.41, 5.74) is -0.476. The van der Waals surface area contributed by atoms with Crippen molar-refractivity contribution in [2.45, 2.75) is 37.6 Å². The average Bonchev–Trinajstić information content (AvgIpc) is 2.47. The van der Waals surface area contributed by atoms with Gasteiger partial charge in [0.2, 0.25) is 0 Å². The summed E-state index contributed by atoms with van der Waals surface area (Å²) >= 11 is 9.19. The summed E-state index contributed by atoms with van der Waals surface area (Å²) in [6, 6.07) is 5.13. The topological polar surface area (TPSA) is 58.6 Å². The largest absolute Gasteiger partial charge is 0.483 e. The van der Waals surface area contributed by atoms with E-state index >= 15 is 0 Å². The van der Waals surface area contributed by atoms with Gasteiger partial charge in [-0.3, -0.25) is 4.79 Å². The molecular weight excluding hydrogens is 358 g/mol. The van der Waals surface area contributed by atoms with Crippen LogP contribution in [-0.4, -0.2) is 29.8 Å². The average molecular weight is 377 g/mol. The predicted molar refractivity (Wildman–Crippen MR) is 85.7 cm³/mol. The maximum atomic E-state index is 12.0. The van der Waals surface area contributed by atoms with Crippen LogP contribution in [0.1, 0.15) is 32.1 Å². The summed E-state index contributed by atoms with van der Waals surface area (Å²) in [6.07, 6.45) is 4.86. The maximum absolute atomic E-state index is 12.0. The van der Waals surface area contributed by atoms with Crippen LogP contribution in [0.3, 0.4) is 0 Å². The monoisotopic (exact) mass is 375 g/mol. The Morgan fingerprint density at radius 2 is 2.10 bits per heavy atom. The van der Waals surface area contributed by atoms with Crippen molar-refractivity contribution in [3.63, 3.8) is 0 Å². The lowest BCUT2D eigenvalue weighted by Gasteiger charge is -2.36. The zero-order valence-electron chi connectivity index (χ0n) is 11.7. The van der Waals surface area contributed by atoms with E-state index in [9.17, 15) is 9.90 Å². The van der Waals surface area contributed by atoms with Crippen LogP contribution in [0.25, 0.3) is 0 Å². The molecule has 1 aliphatic carbocycles. The minimum absolute atomic E-state index is 0.0244. The molecule has 0 radical (unpaired) electrons. The molecule has 21 heavy (non-hydrogen) atoms. The molecule has 2 N–H and O–H groups in total. The van der Waals surface area contributed by atoms with Crippen LogP contribution in [-0.2, 0) is 4.79 Å². The van der Waals surface area contributed by atoms with Gasteiger partial charge in [0.15, 0.2) is 6.61 Å². The summed E-state index contributed by atoms with van der Waals surface area (Å²) in [4.78, 5) is 12.0. The number of benzene rings is 1. The quantitative estimate of drug-likeness (QED) is 0.829. The highest BCUT2D eigenvalue weighted by molar-refractivity contribution is 9.10. The Hall–Kier alpha value is -0.780. The van der Waals surface area contributed by atoms with Gasteiger partial charge in [0.1, 0.15) is 5.75 Å². The first-order valence-electron chi connectivity index (χ1n) is 7.04. The van der Waals surface area contributed by atoms with Crippen molar-refractivity contribution in [1.29, 1.82) is 0 Å². The number of carbonyl (C=O) groups is 1. The van der Waals surface area contributed by atoms with Crippen molar-refractivity contribution in [1.82, 2.24) is 5.32 Å². The van der Waals surface area contributed by atoms with Crippen molar-refractivity contribution in [3.05, 3.63) is 27.7 Å². The van der Waals surface area contributed by atoms with Crippen LogP contribution < -0.4 is 10.1 Å². The van der Waals surface area contributed by atoms with Gasteiger partial charge in [-0.15, -0.1) is 0 Å². The third-order valence-electron chi connectivity index (χ3n) is 3.77. The lowest BCUT2D eigenvalue weighted by atomic mass is 9.82. The van der Waals surface area contributed by atoms with E-state index in [2.05, 4.69) is 21.2 Å². The van der Waals surface area contributed by atoms with E-state index in [4.69, 9.17) is 16.3 Å².